The van der Waals surface area contributed by atoms with Crippen LogP contribution in [0.5, 0.6) is 0 Å². The van der Waals surface area contributed by atoms with E-state index in [1.54, 1.807) is 7.11 Å². The first kappa shape index (κ1) is 9.89. The minimum Gasteiger partial charge on any atom is -0.624 e. The molecule has 74 valence electrons. The number of ether oxygens (including phenoxy) is 2. The summed E-state index contributed by atoms with van der Waals surface area (Å²) in [4.78, 5) is 0. The molecule has 1 aliphatic rings. The second-order valence-corrected chi connectivity index (χ2v) is 3.69. The molecule has 0 bridgehead atoms. The van der Waals surface area contributed by atoms with Crippen LogP contribution in [-0.4, -0.2) is 31.7 Å². The Labute approximate surface area is 78.0 Å². The van der Waals surface area contributed by atoms with Gasteiger partial charge in [0.25, 0.3) is 0 Å². The molecule has 0 saturated carbocycles. The molecule has 0 amide bonds. The molecule has 1 heterocycles. The summed E-state index contributed by atoms with van der Waals surface area (Å²) in [5.74, 6) is 1.23. The second kappa shape index (κ2) is 3.28. The minimum absolute atomic E-state index is 0.295. The van der Waals surface area contributed by atoms with Crippen LogP contribution in [0.4, 0.5) is 0 Å². The van der Waals surface area contributed by atoms with Crippen LogP contribution in [0, 0.1) is 10.6 Å². The van der Waals surface area contributed by atoms with Crippen molar-refractivity contribution in [2.24, 2.45) is 5.41 Å². The van der Waals surface area contributed by atoms with Crippen molar-refractivity contribution < 1.29 is 14.2 Å². The normalized spacial score (nSPS) is 21.1. The maximum absolute atomic E-state index is 11.2. The van der Waals surface area contributed by atoms with Gasteiger partial charge in [-0.15, -0.1) is 0 Å². The van der Waals surface area contributed by atoms with E-state index in [0.29, 0.717) is 12.3 Å². The van der Waals surface area contributed by atoms with E-state index in [-0.39, 0.29) is 5.41 Å². The summed E-state index contributed by atoms with van der Waals surface area (Å²) in [7, 11) is 3.12. The van der Waals surface area contributed by atoms with Gasteiger partial charge in [-0.25, -0.2) is 4.74 Å². The maximum Gasteiger partial charge on any atom is 0.222 e. The van der Waals surface area contributed by atoms with Gasteiger partial charge in [0, 0.05) is 0 Å². The first-order valence-electron chi connectivity index (χ1n) is 4.12. The number of hydrogen-bond acceptors (Lipinski definition) is 3. The molecule has 0 aromatic carbocycles. The highest BCUT2D eigenvalue weighted by molar-refractivity contribution is 5.73. The van der Waals surface area contributed by atoms with E-state index >= 15 is 0 Å². The van der Waals surface area contributed by atoms with Crippen LogP contribution in [0.3, 0.4) is 0 Å². The molecule has 1 aliphatic heterocycles. The fraction of sp³-hybridized carbons (Fsp3) is 0.667. The molecule has 0 spiro atoms. The first-order chi connectivity index (χ1) is 6.01. The molecule has 0 aromatic heterocycles. The summed E-state index contributed by atoms with van der Waals surface area (Å²) in [5.41, 5.74) is -0.295. The lowest BCUT2D eigenvalue weighted by Crippen LogP contribution is -2.33. The van der Waals surface area contributed by atoms with Crippen LogP contribution in [0.25, 0.3) is 0 Å². The van der Waals surface area contributed by atoms with Crippen LogP contribution in [-0.2, 0) is 9.47 Å². The number of methoxy groups -OCH3 is 2. The van der Waals surface area contributed by atoms with Crippen LogP contribution in [0.15, 0.2) is 11.5 Å². The van der Waals surface area contributed by atoms with Gasteiger partial charge in [-0.3, -0.25) is 0 Å². The molecule has 4 heteroatoms. The predicted octanol–water partition coefficient (Wildman–Crippen LogP) is 1.11. The van der Waals surface area contributed by atoms with E-state index in [0.717, 1.165) is 10.5 Å². The fourth-order valence-corrected chi connectivity index (χ4v) is 1.55. The molecule has 1 rings (SSSR count). The van der Waals surface area contributed by atoms with Gasteiger partial charge >= 0.3 is 0 Å². The zero-order valence-corrected chi connectivity index (χ0v) is 8.46. The summed E-state index contributed by atoms with van der Waals surface area (Å²) >= 11 is 0. The van der Waals surface area contributed by atoms with Crippen molar-refractivity contribution in [1.29, 1.82) is 0 Å². The Hall–Kier alpha value is -1.19. The van der Waals surface area contributed by atoms with Gasteiger partial charge in [0.05, 0.1) is 19.6 Å². The van der Waals surface area contributed by atoms with Crippen LogP contribution in [0.2, 0.25) is 0 Å². The summed E-state index contributed by atoms with van der Waals surface area (Å²) in [6, 6.07) is 0. The third kappa shape index (κ3) is 1.76. The van der Waals surface area contributed by atoms with Crippen molar-refractivity contribution >= 4 is 6.21 Å². The Morgan fingerprint density at radius 2 is 2.00 bits per heavy atom. The fourth-order valence-electron chi connectivity index (χ4n) is 1.55. The zero-order valence-electron chi connectivity index (χ0n) is 8.46. The van der Waals surface area contributed by atoms with E-state index in [1.165, 1.54) is 13.3 Å². The predicted molar refractivity (Wildman–Crippen MR) is 49.4 cm³/mol. The van der Waals surface area contributed by atoms with Crippen molar-refractivity contribution in [2.75, 3.05) is 20.8 Å². The zero-order chi connectivity index (χ0) is 10.1. The van der Waals surface area contributed by atoms with E-state index < -0.39 is 0 Å². The van der Waals surface area contributed by atoms with Crippen molar-refractivity contribution in [2.45, 2.75) is 13.8 Å². The average Bonchev–Trinajstić information content (AvgIpc) is 2.01. The molecular formula is C9H15NO3. The summed E-state index contributed by atoms with van der Waals surface area (Å²) in [6.45, 7) is 4.29. The van der Waals surface area contributed by atoms with Gasteiger partial charge in [0.15, 0.2) is 12.3 Å². The Morgan fingerprint density at radius 3 is 2.46 bits per heavy atom. The highest BCUT2D eigenvalue weighted by Gasteiger charge is 2.36. The third-order valence-electron chi connectivity index (χ3n) is 2.07. The van der Waals surface area contributed by atoms with E-state index in [9.17, 15) is 5.21 Å². The lowest BCUT2D eigenvalue weighted by atomic mass is 9.88. The lowest BCUT2D eigenvalue weighted by molar-refractivity contribution is -0.471. The monoisotopic (exact) mass is 185 g/mol. The molecule has 0 aliphatic carbocycles. The highest BCUT2D eigenvalue weighted by atomic mass is 16.5. The molecule has 13 heavy (non-hydrogen) atoms. The largest absolute Gasteiger partial charge is 0.624 e. The number of nitrogens with zero attached hydrogens (tertiary/aromatic N) is 1. The number of rotatable bonds is 2. The van der Waals surface area contributed by atoms with E-state index in [4.69, 9.17) is 9.47 Å². The molecule has 4 nitrogen and oxygen atoms in total. The third-order valence-corrected chi connectivity index (χ3v) is 2.07. The van der Waals surface area contributed by atoms with Crippen LogP contribution < -0.4 is 0 Å². The number of hydroxylamine groups is 1. The van der Waals surface area contributed by atoms with Crippen molar-refractivity contribution in [3.8, 4) is 0 Å². The lowest BCUT2D eigenvalue weighted by Gasteiger charge is -2.29. The van der Waals surface area contributed by atoms with Gasteiger partial charge in [-0.2, -0.15) is 0 Å². The molecule has 0 aromatic rings. The molecule has 0 unspecified atom stereocenters. The SMILES string of the molecule is COC1=C(OC)C(C)(C)C[N+]([O-])=C1. The Kier molecular flexibility index (Phi) is 2.50. The molecular weight excluding hydrogens is 170 g/mol. The van der Waals surface area contributed by atoms with Crippen molar-refractivity contribution in [3.63, 3.8) is 0 Å². The molecule has 0 radical (unpaired) electrons. The Morgan fingerprint density at radius 1 is 1.38 bits per heavy atom. The summed E-state index contributed by atoms with van der Waals surface area (Å²) in [5, 5.41) is 11.2. The van der Waals surface area contributed by atoms with E-state index in [2.05, 4.69) is 0 Å². The summed E-state index contributed by atoms with van der Waals surface area (Å²) < 4.78 is 11.1. The van der Waals surface area contributed by atoms with Crippen LogP contribution in [0.1, 0.15) is 13.8 Å². The number of hydrogen-bond donors (Lipinski definition) is 0. The number of allylic oxidation sites excluding steroid dienone is 1. The molecule has 0 atom stereocenters. The quantitative estimate of drug-likeness (QED) is 0.478. The van der Waals surface area contributed by atoms with Gasteiger partial charge in [-0.1, -0.05) is 0 Å². The van der Waals surface area contributed by atoms with Crippen molar-refractivity contribution in [3.05, 3.63) is 16.7 Å². The Bertz CT molecular complexity index is 266. The van der Waals surface area contributed by atoms with E-state index in [1.807, 2.05) is 13.8 Å². The standard InChI is InChI=1S/C9H15NO3/c1-9(2)6-10(11)5-7(12-3)8(9)13-4/h5H,6H2,1-4H3. The molecule has 0 fully saturated rings. The smallest absolute Gasteiger partial charge is 0.222 e. The van der Waals surface area contributed by atoms with Gasteiger partial charge in [0.1, 0.15) is 0 Å². The van der Waals surface area contributed by atoms with Gasteiger partial charge < -0.3 is 14.7 Å². The first-order valence-corrected chi connectivity index (χ1v) is 4.12. The minimum atomic E-state index is -0.295. The maximum atomic E-state index is 11.2. The van der Waals surface area contributed by atoms with Gasteiger partial charge in [-0.05, 0) is 13.8 Å². The Balaban J connectivity index is 3.12. The molecule has 0 N–H and O–H groups in total. The second-order valence-electron chi connectivity index (χ2n) is 3.69. The average molecular weight is 185 g/mol. The topological polar surface area (TPSA) is 44.5 Å². The van der Waals surface area contributed by atoms with Gasteiger partial charge in [0.2, 0.25) is 12.0 Å². The van der Waals surface area contributed by atoms with Crippen LogP contribution >= 0.6 is 0 Å². The summed E-state index contributed by atoms with van der Waals surface area (Å²) in [6.07, 6.45) is 1.41. The highest BCUT2D eigenvalue weighted by Crippen LogP contribution is 2.31. The van der Waals surface area contributed by atoms with Crippen molar-refractivity contribution in [1.82, 2.24) is 0 Å². The molecule has 0 saturated heterocycles.